The number of likely N-dealkylation sites (tertiary alicyclic amines) is 1. The molecule has 1 aliphatic rings. The Morgan fingerprint density at radius 3 is 3.05 bits per heavy atom. The normalized spacial score (nSPS) is 19.6. The largest absolute Gasteiger partial charge is 0.307 e. The molecule has 1 atom stereocenters. The maximum Gasteiger partial charge on any atom is 0.137 e. The number of aryl methyl sites for hydroxylation is 1. The Hall–Kier alpha value is -2.14. The highest BCUT2D eigenvalue weighted by Crippen LogP contribution is 2.32. The van der Waals surface area contributed by atoms with Crippen molar-refractivity contribution in [2.24, 2.45) is 7.05 Å². The van der Waals surface area contributed by atoms with Gasteiger partial charge in [-0.05, 0) is 31.5 Å². The molecule has 5 nitrogen and oxygen atoms in total. The lowest BCUT2D eigenvalue weighted by molar-refractivity contribution is 0.246. The summed E-state index contributed by atoms with van der Waals surface area (Å²) in [4.78, 5) is 7.22. The van der Waals surface area contributed by atoms with Gasteiger partial charge in [0.25, 0.3) is 0 Å². The molecule has 0 spiro atoms. The summed E-state index contributed by atoms with van der Waals surface area (Å²) in [7, 11) is 1.98. The molecule has 0 saturated carbocycles. The number of nitrogens with zero attached hydrogens (tertiary/aromatic N) is 5. The molecule has 1 saturated heterocycles. The van der Waals surface area contributed by atoms with Crippen molar-refractivity contribution in [3.63, 3.8) is 0 Å². The average Bonchev–Trinajstić information content (AvgIpc) is 3.17. The van der Waals surface area contributed by atoms with Crippen molar-refractivity contribution in [2.45, 2.75) is 25.4 Å². The Morgan fingerprint density at radius 2 is 2.24 bits per heavy atom. The van der Waals surface area contributed by atoms with Gasteiger partial charge in [-0.2, -0.15) is 5.10 Å². The fourth-order valence-electron chi connectivity index (χ4n) is 3.28. The van der Waals surface area contributed by atoms with E-state index in [1.165, 1.54) is 18.4 Å². The molecule has 108 valence electrons. The number of rotatable bonds is 3. The molecule has 4 heterocycles. The van der Waals surface area contributed by atoms with Crippen LogP contribution in [0.3, 0.4) is 0 Å². The van der Waals surface area contributed by atoms with Crippen LogP contribution in [-0.2, 0) is 13.6 Å². The van der Waals surface area contributed by atoms with Crippen molar-refractivity contribution in [2.75, 3.05) is 6.54 Å². The summed E-state index contributed by atoms with van der Waals surface area (Å²) in [6.07, 6.45) is 10.8. The van der Waals surface area contributed by atoms with Gasteiger partial charge < -0.3 is 4.40 Å². The SMILES string of the molecule is Cn1cc(C2CCCN2Cc2cn3ccccc3n2)cn1. The van der Waals surface area contributed by atoms with E-state index in [0.717, 1.165) is 24.4 Å². The van der Waals surface area contributed by atoms with Crippen molar-refractivity contribution in [3.8, 4) is 0 Å². The third-order valence-electron chi connectivity index (χ3n) is 4.25. The molecule has 4 rings (SSSR count). The van der Waals surface area contributed by atoms with Gasteiger partial charge in [-0.15, -0.1) is 0 Å². The Morgan fingerprint density at radius 1 is 1.29 bits per heavy atom. The summed E-state index contributed by atoms with van der Waals surface area (Å²) in [6, 6.07) is 6.59. The van der Waals surface area contributed by atoms with Crippen LogP contribution in [0.4, 0.5) is 0 Å². The standard InChI is InChI=1S/C16H19N5/c1-19-10-13(9-17-19)15-5-4-8-20(15)11-14-12-21-7-3-2-6-16(21)18-14/h2-3,6-7,9-10,12,15H,4-5,8,11H2,1H3. The van der Waals surface area contributed by atoms with Gasteiger partial charge in [-0.25, -0.2) is 4.98 Å². The van der Waals surface area contributed by atoms with Gasteiger partial charge in [0, 0.05) is 43.8 Å². The van der Waals surface area contributed by atoms with Crippen LogP contribution in [-0.4, -0.2) is 30.6 Å². The molecule has 1 fully saturated rings. The molecule has 0 radical (unpaired) electrons. The molecule has 0 aliphatic carbocycles. The molecule has 5 heteroatoms. The van der Waals surface area contributed by atoms with Gasteiger partial charge in [0.1, 0.15) is 5.65 Å². The van der Waals surface area contributed by atoms with E-state index in [0.29, 0.717) is 6.04 Å². The van der Waals surface area contributed by atoms with Crippen molar-refractivity contribution in [3.05, 3.63) is 54.2 Å². The van der Waals surface area contributed by atoms with Crippen LogP contribution in [0.5, 0.6) is 0 Å². The number of fused-ring (bicyclic) bond motifs is 1. The molecule has 1 unspecified atom stereocenters. The van der Waals surface area contributed by atoms with E-state index in [-0.39, 0.29) is 0 Å². The van der Waals surface area contributed by atoms with E-state index in [2.05, 4.69) is 33.0 Å². The zero-order valence-electron chi connectivity index (χ0n) is 12.2. The van der Waals surface area contributed by atoms with E-state index in [4.69, 9.17) is 4.98 Å². The van der Waals surface area contributed by atoms with E-state index in [1.807, 2.05) is 36.1 Å². The minimum absolute atomic E-state index is 0.475. The number of hydrogen-bond donors (Lipinski definition) is 0. The van der Waals surface area contributed by atoms with Crippen LogP contribution >= 0.6 is 0 Å². The number of pyridine rings is 1. The molecular weight excluding hydrogens is 262 g/mol. The van der Waals surface area contributed by atoms with E-state index < -0.39 is 0 Å². The van der Waals surface area contributed by atoms with Crippen molar-refractivity contribution >= 4 is 5.65 Å². The zero-order chi connectivity index (χ0) is 14.2. The molecule has 1 aliphatic heterocycles. The minimum Gasteiger partial charge on any atom is -0.307 e. The Kier molecular flexibility index (Phi) is 3.00. The predicted octanol–water partition coefficient (Wildman–Crippen LogP) is 2.40. The van der Waals surface area contributed by atoms with Crippen LogP contribution in [0.15, 0.2) is 43.0 Å². The molecular formula is C16H19N5. The fraction of sp³-hybridized carbons (Fsp3) is 0.375. The van der Waals surface area contributed by atoms with Crippen molar-refractivity contribution < 1.29 is 0 Å². The summed E-state index contributed by atoms with van der Waals surface area (Å²) in [5.41, 5.74) is 3.47. The second-order valence-corrected chi connectivity index (χ2v) is 5.77. The van der Waals surface area contributed by atoms with Gasteiger partial charge in [0.15, 0.2) is 0 Å². The number of imidazole rings is 1. The fourth-order valence-corrected chi connectivity index (χ4v) is 3.28. The van der Waals surface area contributed by atoms with Gasteiger partial charge in [-0.3, -0.25) is 9.58 Å². The molecule has 0 aromatic carbocycles. The number of aromatic nitrogens is 4. The van der Waals surface area contributed by atoms with Gasteiger partial charge in [0.05, 0.1) is 11.9 Å². The van der Waals surface area contributed by atoms with Gasteiger partial charge in [-0.1, -0.05) is 6.07 Å². The van der Waals surface area contributed by atoms with E-state index >= 15 is 0 Å². The van der Waals surface area contributed by atoms with Crippen LogP contribution in [0.1, 0.15) is 30.1 Å². The van der Waals surface area contributed by atoms with E-state index in [1.54, 1.807) is 0 Å². The monoisotopic (exact) mass is 281 g/mol. The molecule has 0 bridgehead atoms. The third kappa shape index (κ3) is 2.34. The second kappa shape index (κ2) is 5.00. The highest BCUT2D eigenvalue weighted by Gasteiger charge is 2.27. The van der Waals surface area contributed by atoms with Crippen LogP contribution in [0.2, 0.25) is 0 Å². The quantitative estimate of drug-likeness (QED) is 0.740. The van der Waals surface area contributed by atoms with Crippen LogP contribution < -0.4 is 0 Å². The second-order valence-electron chi connectivity index (χ2n) is 5.77. The summed E-state index contributed by atoms with van der Waals surface area (Å²) >= 11 is 0. The van der Waals surface area contributed by atoms with Crippen LogP contribution in [0.25, 0.3) is 5.65 Å². The zero-order valence-corrected chi connectivity index (χ0v) is 12.2. The summed E-state index contributed by atoms with van der Waals surface area (Å²) in [6.45, 7) is 2.04. The Labute approximate surface area is 123 Å². The highest BCUT2D eigenvalue weighted by molar-refractivity contribution is 5.39. The van der Waals surface area contributed by atoms with Crippen LogP contribution in [0, 0.1) is 0 Å². The van der Waals surface area contributed by atoms with Gasteiger partial charge in [0.2, 0.25) is 0 Å². The third-order valence-corrected chi connectivity index (χ3v) is 4.25. The molecule has 0 amide bonds. The van der Waals surface area contributed by atoms with Crippen molar-refractivity contribution in [1.82, 2.24) is 24.1 Å². The Bertz CT molecular complexity index is 724. The first kappa shape index (κ1) is 12.6. The molecule has 21 heavy (non-hydrogen) atoms. The highest BCUT2D eigenvalue weighted by atomic mass is 15.3. The first-order valence-corrected chi connectivity index (χ1v) is 7.45. The maximum absolute atomic E-state index is 4.71. The average molecular weight is 281 g/mol. The lowest BCUT2D eigenvalue weighted by atomic mass is 10.1. The number of hydrogen-bond acceptors (Lipinski definition) is 3. The lowest BCUT2D eigenvalue weighted by Gasteiger charge is -2.22. The first-order valence-electron chi connectivity index (χ1n) is 7.45. The predicted molar refractivity (Wildman–Crippen MR) is 80.8 cm³/mol. The summed E-state index contributed by atoms with van der Waals surface area (Å²) in [5.74, 6) is 0. The summed E-state index contributed by atoms with van der Waals surface area (Å²) < 4.78 is 3.97. The van der Waals surface area contributed by atoms with Gasteiger partial charge >= 0.3 is 0 Å². The molecule has 3 aromatic rings. The maximum atomic E-state index is 4.71. The summed E-state index contributed by atoms with van der Waals surface area (Å²) in [5, 5.41) is 4.31. The van der Waals surface area contributed by atoms with E-state index in [9.17, 15) is 0 Å². The molecule has 0 N–H and O–H groups in total. The topological polar surface area (TPSA) is 38.4 Å². The minimum atomic E-state index is 0.475. The first-order chi connectivity index (χ1) is 10.3. The smallest absolute Gasteiger partial charge is 0.137 e. The lowest BCUT2D eigenvalue weighted by Crippen LogP contribution is -2.22. The molecule has 3 aromatic heterocycles. The Balaban J connectivity index is 1.57. The van der Waals surface area contributed by atoms with Crippen molar-refractivity contribution in [1.29, 1.82) is 0 Å².